The minimum Gasteiger partial charge on any atom is -0.505 e. The van der Waals surface area contributed by atoms with Gasteiger partial charge in [-0.3, -0.25) is 4.79 Å². The Labute approximate surface area is 163 Å². The predicted molar refractivity (Wildman–Crippen MR) is 106 cm³/mol. The minimum atomic E-state index is -1.05. The third kappa shape index (κ3) is 6.07. The Hall–Kier alpha value is -2.90. The molecule has 0 bridgehead atoms. The molecule has 0 aliphatic rings. The Balaban J connectivity index is 1.91. The highest BCUT2D eigenvalue weighted by Gasteiger charge is 2.21. The molecule has 0 aromatic heterocycles. The summed E-state index contributed by atoms with van der Waals surface area (Å²) >= 11 is 0. The number of halogens is 1. The number of rotatable bonds is 9. The molecule has 2 aromatic rings. The summed E-state index contributed by atoms with van der Waals surface area (Å²) in [6.45, 7) is 2.17. The van der Waals surface area contributed by atoms with Crippen molar-refractivity contribution in [1.82, 2.24) is 0 Å². The van der Waals surface area contributed by atoms with Crippen molar-refractivity contribution in [2.24, 2.45) is 0 Å². The fourth-order valence-electron chi connectivity index (χ4n) is 2.70. The van der Waals surface area contributed by atoms with E-state index in [1.165, 1.54) is 18.2 Å². The van der Waals surface area contributed by atoms with E-state index in [4.69, 9.17) is 10.5 Å². The second-order valence-corrected chi connectivity index (χ2v) is 6.21. The van der Waals surface area contributed by atoms with Gasteiger partial charge in [0.05, 0.1) is 17.5 Å². The van der Waals surface area contributed by atoms with Crippen LogP contribution in [0.4, 0.5) is 15.8 Å². The second kappa shape index (κ2) is 10.4. The van der Waals surface area contributed by atoms with Crippen LogP contribution in [-0.2, 0) is 9.53 Å². The molecule has 0 saturated carbocycles. The smallest absolute Gasteiger partial charge is 0.248 e. The molecule has 0 radical (unpaired) electrons. The van der Waals surface area contributed by atoms with Gasteiger partial charge in [-0.15, -0.1) is 0 Å². The van der Waals surface area contributed by atoms with Crippen molar-refractivity contribution in [3.8, 4) is 5.75 Å². The summed E-state index contributed by atoms with van der Waals surface area (Å²) in [7, 11) is 0. The van der Waals surface area contributed by atoms with E-state index in [-0.39, 0.29) is 5.91 Å². The van der Waals surface area contributed by atoms with E-state index in [1.54, 1.807) is 37.3 Å². The Bertz CT molecular complexity index is 826. The number of amides is 1. The van der Waals surface area contributed by atoms with Crippen molar-refractivity contribution < 1.29 is 24.1 Å². The lowest BCUT2D eigenvalue weighted by molar-refractivity contribution is -0.111. The van der Waals surface area contributed by atoms with Crippen LogP contribution in [0.2, 0.25) is 0 Å². The molecule has 2 rings (SSSR count). The molecule has 150 valence electrons. The summed E-state index contributed by atoms with van der Waals surface area (Å²) in [5, 5.41) is 22.4. The van der Waals surface area contributed by atoms with Crippen LogP contribution in [0.1, 0.15) is 31.4 Å². The number of ether oxygens (including phenoxy) is 1. The molecule has 7 heteroatoms. The van der Waals surface area contributed by atoms with Gasteiger partial charge in [-0.05, 0) is 55.7 Å². The zero-order chi connectivity index (χ0) is 20.5. The van der Waals surface area contributed by atoms with Gasteiger partial charge in [-0.1, -0.05) is 24.3 Å². The number of allylic oxidation sites excluding steroid dienone is 1. The third-order valence-electron chi connectivity index (χ3n) is 4.15. The van der Waals surface area contributed by atoms with E-state index in [0.29, 0.717) is 36.4 Å². The number of phenolic OH excluding ortho intramolecular Hbond substituents is 1. The summed E-state index contributed by atoms with van der Waals surface area (Å²) in [6, 6.07) is 10.7. The number of carbonyl (C=O) groups excluding carboxylic acids is 1. The first-order chi connectivity index (χ1) is 13.4. The van der Waals surface area contributed by atoms with Crippen molar-refractivity contribution in [3.63, 3.8) is 0 Å². The van der Waals surface area contributed by atoms with Crippen LogP contribution >= 0.6 is 0 Å². The molecular formula is C21H25FN2O4. The first-order valence-electron chi connectivity index (χ1n) is 9.02. The monoisotopic (exact) mass is 388 g/mol. The number of nitrogens with one attached hydrogen (secondary N) is 1. The number of aliphatic hydroxyl groups excluding tert-OH is 1. The molecule has 2 atom stereocenters. The molecule has 0 unspecified atom stereocenters. The number of nitrogen functional groups attached to an aromatic ring is 1. The average Bonchev–Trinajstić information content (AvgIpc) is 2.67. The lowest BCUT2D eigenvalue weighted by atomic mass is 10.00. The molecule has 0 aliphatic carbocycles. The van der Waals surface area contributed by atoms with E-state index < -0.39 is 23.8 Å². The standard InChI is InChI=1S/C21H25FN2O4/c1-2-28-19(21(27)14-11-12-18(25)15(22)13-14)9-5-6-10-20(26)24-17-8-4-3-7-16(17)23/h3-4,6-8,10-13,19,21,25,27H,2,5,9,23H2,1H3,(H,24,26)/b10-6+/t19-,21-/m0/s1. The number of aliphatic hydroxyl groups is 1. The summed E-state index contributed by atoms with van der Waals surface area (Å²) < 4.78 is 19.1. The maximum atomic E-state index is 13.5. The van der Waals surface area contributed by atoms with Crippen molar-refractivity contribution in [3.05, 3.63) is 66.0 Å². The molecule has 0 spiro atoms. The van der Waals surface area contributed by atoms with E-state index in [1.807, 2.05) is 0 Å². The zero-order valence-electron chi connectivity index (χ0n) is 15.6. The topological polar surface area (TPSA) is 105 Å². The van der Waals surface area contributed by atoms with Crippen LogP contribution in [-0.4, -0.2) is 28.8 Å². The normalized spacial score (nSPS) is 13.4. The Morgan fingerprint density at radius 1 is 1.32 bits per heavy atom. The number of aromatic hydroxyl groups is 1. The summed E-state index contributed by atoms with van der Waals surface area (Å²) in [5.41, 5.74) is 7.11. The van der Waals surface area contributed by atoms with Gasteiger partial charge < -0.3 is 26.0 Å². The van der Waals surface area contributed by atoms with Gasteiger partial charge in [0.2, 0.25) is 5.91 Å². The van der Waals surface area contributed by atoms with Gasteiger partial charge in [-0.25, -0.2) is 4.39 Å². The lowest BCUT2D eigenvalue weighted by Crippen LogP contribution is -2.22. The van der Waals surface area contributed by atoms with Gasteiger partial charge in [0, 0.05) is 6.61 Å². The number of para-hydroxylation sites is 2. The lowest BCUT2D eigenvalue weighted by Gasteiger charge is -2.23. The maximum absolute atomic E-state index is 13.5. The van der Waals surface area contributed by atoms with Crippen LogP contribution in [0, 0.1) is 5.82 Å². The fraction of sp³-hybridized carbons (Fsp3) is 0.286. The Morgan fingerprint density at radius 2 is 2.07 bits per heavy atom. The number of benzene rings is 2. The maximum Gasteiger partial charge on any atom is 0.248 e. The number of anilines is 2. The van der Waals surface area contributed by atoms with Gasteiger partial charge >= 0.3 is 0 Å². The molecule has 5 N–H and O–H groups in total. The SMILES string of the molecule is CCO[C@@H](CC/C=C/C(=O)Nc1ccccc1N)[C@@H](O)c1ccc(O)c(F)c1. The molecular weight excluding hydrogens is 363 g/mol. The van der Waals surface area contributed by atoms with Crippen LogP contribution in [0.15, 0.2) is 54.6 Å². The van der Waals surface area contributed by atoms with Gasteiger partial charge in [0.15, 0.2) is 11.6 Å². The van der Waals surface area contributed by atoms with Crippen LogP contribution in [0.3, 0.4) is 0 Å². The van der Waals surface area contributed by atoms with Gasteiger partial charge in [0.1, 0.15) is 6.10 Å². The van der Waals surface area contributed by atoms with Gasteiger partial charge in [-0.2, -0.15) is 0 Å². The highest BCUT2D eigenvalue weighted by molar-refractivity contribution is 6.01. The average molecular weight is 388 g/mol. The van der Waals surface area contributed by atoms with Crippen molar-refractivity contribution in [2.45, 2.75) is 32.0 Å². The largest absolute Gasteiger partial charge is 0.505 e. The van der Waals surface area contributed by atoms with Crippen LogP contribution in [0.25, 0.3) is 0 Å². The number of hydrogen-bond donors (Lipinski definition) is 4. The number of carbonyl (C=O) groups is 1. The molecule has 1 amide bonds. The van der Waals surface area contributed by atoms with Crippen molar-refractivity contribution in [2.75, 3.05) is 17.7 Å². The molecule has 28 heavy (non-hydrogen) atoms. The quantitative estimate of drug-likeness (QED) is 0.389. The van der Waals surface area contributed by atoms with E-state index in [0.717, 1.165) is 6.07 Å². The number of phenols is 1. The first kappa shape index (κ1) is 21.4. The highest BCUT2D eigenvalue weighted by Crippen LogP contribution is 2.26. The number of hydrogen-bond acceptors (Lipinski definition) is 5. The molecule has 0 saturated heterocycles. The predicted octanol–water partition coefficient (Wildman–Crippen LogP) is 3.53. The number of nitrogens with two attached hydrogens (primary N) is 1. The van der Waals surface area contributed by atoms with Crippen LogP contribution in [0.5, 0.6) is 5.75 Å². The second-order valence-electron chi connectivity index (χ2n) is 6.21. The highest BCUT2D eigenvalue weighted by atomic mass is 19.1. The van der Waals surface area contributed by atoms with Crippen molar-refractivity contribution in [1.29, 1.82) is 0 Å². The van der Waals surface area contributed by atoms with E-state index >= 15 is 0 Å². The molecule has 0 heterocycles. The van der Waals surface area contributed by atoms with Crippen LogP contribution < -0.4 is 11.1 Å². The first-order valence-corrected chi connectivity index (χ1v) is 9.02. The van der Waals surface area contributed by atoms with Gasteiger partial charge in [0.25, 0.3) is 0 Å². The Morgan fingerprint density at radius 3 is 2.75 bits per heavy atom. The van der Waals surface area contributed by atoms with Crippen molar-refractivity contribution >= 4 is 17.3 Å². The summed E-state index contributed by atoms with van der Waals surface area (Å²) in [5.74, 6) is -1.59. The fourth-order valence-corrected chi connectivity index (χ4v) is 2.70. The molecule has 0 aliphatic heterocycles. The molecule has 2 aromatic carbocycles. The minimum absolute atomic E-state index is 0.313. The Kier molecular flexibility index (Phi) is 7.98. The van der Waals surface area contributed by atoms with E-state index in [2.05, 4.69) is 5.32 Å². The van der Waals surface area contributed by atoms with E-state index in [9.17, 15) is 19.4 Å². The summed E-state index contributed by atoms with van der Waals surface area (Å²) in [4.78, 5) is 12.0. The molecule has 0 fully saturated rings. The molecule has 6 nitrogen and oxygen atoms in total. The summed E-state index contributed by atoms with van der Waals surface area (Å²) in [6.07, 6.45) is 2.33. The zero-order valence-corrected chi connectivity index (χ0v) is 15.6. The third-order valence-corrected chi connectivity index (χ3v) is 4.15.